The minimum Gasteiger partial charge on any atom is -0.503 e. The highest BCUT2D eigenvalue weighted by molar-refractivity contribution is 6.16. The van der Waals surface area contributed by atoms with Gasteiger partial charge in [-0.05, 0) is 49.8 Å². The number of ketones is 1. The highest BCUT2D eigenvalue weighted by Crippen LogP contribution is 2.39. The minimum atomic E-state index is -0.728. The molecule has 4 rings (SSSR count). The number of furan rings is 1. The van der Waals surface area contributed by atoms with Crippen LogP contribution in [0.15, 0.2) is 64.5 Å². The summed E-state index contributed by atoms with van der Waals surface area (Å²) in [7, 11) is 0. The zero-order valence-corrected chi connectivity index (χ0v) is 18.5. The average Bonchev–Trinajstić information content (AvgIpc) is 3.33. The molecule has 1 aliphatic rings. The Morgan fingerprint density at radius 3 is 2.69 bits per heavy atom. The van der Waals surface area contributed by atoms with E-state index in [1.54, 1.807) is 29.4 Å². The van der Waals surface area contributed by atoms with Gasteiger partial charge in [0, 0.05) is 30.9 Å². The van der Waals surface area contributed by atoms with Crippen LogP contribution in [0.5, 0.6) is 0 Å². The lowest BCUT2D eigenvalue weighted by molar-refractivity contribution is -0.129. The molecular formula is C25H27N3O4. The van der Waals surface area contributed by atoms with E-state index in [2.05, 4.69) is 23.7 Å². The van der Waals surface area contributed by atoms with Crippen molar-refractivity contribution in [2.45, 2.75) is 26.8 Å². The summed E-state index contributed by atoms with van der Waals surface area (Å²) < 4.78 is 5.78. The first-order valence-corrected chi connectivity index (χ1v) is 10.9. The van der Waals surface area contributed by atoms with Crippen molar-refractivity contribution in [1.29, 1.82) is 0 Å². The molecule has 0 radical (unpaired) electrons. The maximum Gasteiger partial charge on any atom is 0.290 e. The second-order valence-corrected chi connectivity index (χ2v) is 7.96. The van der Waals surface area contributed by atoms with E-state index >= 15 is 0 Å². The van der Waals surface area contributed by atoms with Gasteiger partial charge in [-0.2, -0.15) is 0 Å². The van der Waals surface area contributed by atoms with Crippen LogP contribution in [0.2, 0.25) is 0 Å². The van der Waals surface area contributed by atoms with Gasteiger partial charge in [0.05, 0.1) is 11.6 Å². The summed E-state index contributed by atoms with van der Waals surface area (Å²) >= 11 is 0. The number of aliphatic hydroxyl groups is 1. The highest BCUT2D eigenvalue weighted by Gasteiger charge is 2.44. The van der Waals surface area contributed by atoms with Crippen molar-refractivity contribution < 1.29 is 19.1 Å². The zero-order chi connectivity index (χ0) is 22.8. The van der Waals surface area contributed by atoms with Crippen LogP contribution in [0.1, 0.15) is 41.6 Å². The molecule has 3 heterocycles. The fourth-order valence-corrected chi connectivity index (χ4v) is 4.20. The smallest absolute Gasteiger partial charge is 0.290 e. The lowest BCUT2D eigenvalue weighted by atomic mass is 9.96. The van der Waals surface area contributed by atoms with Crippen molar-refractivity contribution in [3.63, 3.8) is 0 Å². The van der Waals surface area contributed by atoms with Crippen molar-refractivity contribution in [3.8, 4) is 0 Å². The summed E-state index contributed by atoms with van der Waals surface area (Å²) in [6.07, 6.45) is 3.25. The Labute approximate surface area is 187 Å². The number of aromatic nitrogens is 1. The first kappa shape index (κ1) is 21.8. The third-order valence-electron chi connectivity index (χ3n) is 6.00. The molecule has 0 saturated heterocycles. The Hall–Kier alpha value is -3.45. The van der Waals surface area contributed by atoms with Crippen LogP contribution in [0.3, 0.4) is 0 Å². The summed E-state index contributed by atoms with van der Waals surface area (Å²) in [6.45, 7) is 8.78. The molecule has 7 nitrogen and oxygen atoms in total. The van der Waals surface area contributed by atoms with Gasteiger partial charge in [-0.25, -0.2) is 0 Å². The van der Waals surface area contributed by atoms with E-state index in [1.165, 1.54) is 0 Å². The monoisotopic (exact) mass is 433 g/mol. The summed E-state index contributed by atoms with van der Waals surface area (Å²) in [5.41, 5.74) is 2.32. The van der Waals surface area contributed by atoms with Crippen molar-refractivity contribution in [2.24, 2.45) is 0 Å². The molecule has 0 aliphatic carbocycles. The molecule has 0 spiro atoms. The van der Waals surface area contributed by atoms with Crippen molar-refractivity contribution in [3.05, 3.63) is 77.0 Å². The molecule has 1 amide bonds. The molecule has 1 unspecified atom stereocenters. The number of Topliss-reactive ketones (excluding diaryl/α,β-unsaturated/α-hetero) is 1. The van der Waals surface area contributed by atoms with Gasteiger partial charge >= 0.3 is 0 Å². The molecule has 1 atom stereocenters. The molecule has 2 aromatic heterocycles. The van der Waals surface area contributed by atoms with E-state index < -0.39 is 23.5 Å². The number of hydrogen-bond acceptors (Lipinski definition) is 6. The van der Waals surface area contributed by atoms with Gasteiger partial charge in [0.1, 0.15) is 5.58 Å². The molecule has 1 aromatic carbocycles. The number of likely N-dealkylation sites (N-methyl/N-ethyl adjacent to an activating group) is 1. The number of amides is 1. The van der Waals surface area contributed by atoms with Gasteiger partial charge in [-0.3, -0.25) is 14.6 Å². The largest absolute Gasteiger partial charge is 0.503 e. The Morgan fingerprint density at radius 2 is 2.00 bits per heavy atom. The van der Waals surface area contributed by atoms with Gasteiger partial charge in [0.15, 0.2) is 11.5 Å². The first-order valence-electron chi connectivity index (χ1n) is 10.9. The van der Waals surface area contributed by atoms with Crippen LogP contribution in [0.4, 0.5) is 0 Å². The maximum atomic E-state index is 13.5. The van der Waals surface area contributed by atoms with Crippen molar-refractivity contribution >= 4 is 22.7 Å². The van der Waals surface area contributed by atoms with Crippen molar-refractivity contribution in [1.82, 2.24) is 14.8 Å². The lowest BCUT2D eigenvalue weighted by Crippen LogP contribution is -2.38. The Balaban J connectivity index is 1.73. The van der Waals surface area contributed by atoms with E-state index in [4.69, 9.17) is 4.42 Å². The number of nitrogens with zero attached hydrogens (tertiary/aromatic N) is 3. The van der Waals surface area contributed by atoms with E-state index in [9.17, 15) is 14.7 Å². The molecule has 1 N–H and O–H groups in total. The highest BCUT2D eigenvalue weighted by atomic mass is 16.3. The third-order valence-corrected chi connectivity index (χ3v) is 6.00. The third kappa shape index (κ3) is 3.91. The van der Waals surface area contributed by atoms with Crippen LogP contribution in [0.25, 0.3) is 11.0 Å². The molecule has 32 heavy (non-hydrogen) atoms. The number of carbonyl (C=O) groups excluding carboxylic acids is 2. The van der Waals surface area contributed by atoms with Gasteiger partial charge < -0.3 is 19.3 Å². The Morgan fingerprint density at radius 1 is 1.22 bits per heavy atom. The normalized spacial score (nSPS) is 16.6. The first-order chi connectivity index (χ1) is 15.4. The van der Waals surface area contributed by atoms with Gasteiger partial charge in [-0.15, -0.1) is 0 Å². The minimum absolute atomic E-state index is 0.0262. The van der Waals surface area contributed by atoms with Gasteiger partial charge in [0.25, 0.3) is 5.91 Å². The van der Waals surface area contributed by atoms with Crippen LogP contribution >= 0.6 is 0 Å². The zero-order valence-electron chi connectivity index (χ0n) is 18.5. The van der Waals surface area contributed by atoms with E-state index in [0.29, 0.717) is 24.2 Å². The molecule has 0 fully saturated rings. The van der Waals surface area contributed by atoms with E-state index in [1.807, 2.05) is 31.2 Å². The van der Waals surface area contributed by atoms with Crippen LogP contribution < -0.4 is 0 Å². The van der Waals surface area contributed by atoms with E-state index in [0.717, 1.165) is 24.0 Å². The molecule has 0 bridgehead atoms. The summed E-state index contributed by atoms with van der Waals surface area (Å²) in [5.74, 6) is -1.48. The SMILES string of the molecule is CCN(CC)CCN1C(=O)C(O)=C(C(=O)c2cc3cc(C)ccc3o2)C1c1cccnc1. The predicted octanol–water partition coefficient (Wildman–Crippen LogP) is 4.06. The fraction of sp³-hybridized carbons (Fsp3) is 0.320. The van der Waals surface area contributed by atoms with Crippen molar-refractivity contribution in [2.75, 3.05) is 26.2 Å². The van der Waals surface area contributed by atoms with Crippen LogP contribution in [-0.2, 0) is 4.79 Å². The van der Waals surface area contributed by atoms with Crippen LogP contribution in [0, 0.1) is 6.92 Å². The molecule has 3 aromatic rings. The number of carbonyl (C=O) groups is 2. The number of pyridine rings is 1. The number of hydrogen-bond donors (Lipinski definition) is 1. The number of benzene rings is 1. The van der Waals surface area contributed by atoms with Crippen LogP contribution in [-0.4, -0.2) is 57.8 Å². The Bertz CT molecular complexity index is 1180. The molecule has 166 valence electrons. The second-order valence-electron chi connectivity index (χ2n) is 7.96. The van der Waals surface area contributed by atoms with Gasteiger partial charge in [0.2, 0.25) is 5.78 Å². The number of aliphatic hydroxyl groups excluding tert-OH is 1. The fourth-order valence-electron chi connectivity index (χ4n) is 4.20. The number of aryl methyl sites for hydroxylation is 1. The summed E-state index contributed by atoms with van der Waals surface area (Å²) in [5, 5.41) is 11.6. The topological polar surface area (TPSA) is 86.9 Å². The summed E-state index contributed by atoms with van der Waals surface area (Å²) in [6, 6.07) is 10.1. The second kappa shape index (κ2) is 8.96. The molecule has 7 heteroatoms. The number of fused-ring (bicyclic) bond motifs is 1. The molecule has 0 saturated carbocycles. The number of rotatable bonds is 8. The lowest BCUT2D eigenvalue weighted by Gasteiger charge is -2.29. The predicted molar refractivity (Wildman–Crippen MR) is 121 cm³/mol. The Kier molecular flexibility index (Phi) is 6.10. The van der Waals surface area contributed by atoms with Gasteiger partial charge in [-0.1, -0.05) is 31.5 Å². The summed E-state index contributed by atoms with van der Waals surface area (Å²) in [4.78, 5) is 34.5. The quantitative estimate of drug-likeness (QED) is 0.539. The van der Waals surface area contributed by atoms with E-state index in [-0.39, 0.29) is 11.3 Å². The average molecular weight is 434 g/mol. The maximum absolute atomic E-state index is 13.5. The standard InChI is InChI=1S/C25H27N3O4/c1-4-27(5-2)11-12-28-22(17-7-6-10-26-15-17)21(24(30)25(28)31)23(29)20-14-18-13-16(3)8-9-19(18)32-20/h6-10,13-15,22,30H,4-5,11-12H2,1-3H3. The molecule has 1 aliphatic heterocycles. The molecular weight excluding hydrogens is 406 g/mol.